The molecule has 3 nitrogen and oxygen atoms in total. The SMILES string of the molecule is CCCn1c(C(CC)CC)nc2ccc(N)cc21. The second kappa shape index (κ2) is 5.42. The number of aromatic nitrogens is 2. The number of imidazole rings is 1. The van der Waals surface area contributed by atoms with Gasteiger partial charge in [-0.25, -0.2) is 4.98 Å². The molecule has 0 spiro atoms. The summed E-state index contributed by atoms with van der Waals surface area (Å²) in [5.41, 5.74) is 8.96. The van der Waals surface area contributed by atoms with E-state index in [4.69, 9.17) is 10.7 Å². The molecule has 0 amide bonds. The van der Waals surface area contributed by atoms with Crippen LogP contribution >= 0.6 is 0 Å². The van der Waals surface area contributed by atoms with Gasteiger partial charge in [0.2, 0.25) is 0 Å². The molecule has 0 aliphatic carbocycles. The number of fused-ring (bicyclic) bond motifs is 1. The number of benzene rings is 1. The molecule has 0 saturated carbocycles. The van der Waals surface area contributed by atoms with Crippen LogP contribution in [0, 0.1) is 0 Å². The number of aryl methyl sites for hydroxylation is 1. The van der Waals surface area contributed by atoms with E-state index in [-0.39, 0.29) is 0 Å². The number of anilines is 1. The maximum atomic E-state index is 5.90. The van der Waals surface area contributed by atoms with Gasteiger partial charge in [-0.15, -0.1) is 0 Å². The normalized spacial score (nSPS) is 11.6. The maximum Gasteiger partial charge on any atom is 0.112 e. The number of nitrogens with zero attached hydrogens (tertiary/aromatic N) is 2. The van der Waals surface area contributed by atoms with E-state index in [1.165, 1.54) is 11.3 Å². The fourth-order valence-electron chi connectivity index (χ4n) is 2.58. The molecule has 1 aromatic carbocycles. The summed E-state index contributed by atoms with van der Waals surface area (Å²) in [5.74, 6) is 1.77. The van der Waals surface area contributed by atoms with Crippen LogP contribution in [0.3, 0.4) is 0 Å². The van der Waals surface area contributed by atoms with Crippen molar-refractivity contribution in [1.82, 2.24) is 9.55 Å². The van der Waals surface area contributed by atoms with Gasteiger partial charge in [-0.2, -0.15) is 0 Å². The van der Waals surface area contributed by atoms with E-state index in [1.807, 2.05) is 18.2 Å². The molecule has 2 aromatic rings. The highest BCUT2D eigenvalue weighted by Gasteiger charge is 2.17. The second-order valence-corrected chi connectivity index (χ2v) is 4.88. The maximum absolute atomic E-state index is 5.90. The lowest BCUT2D eigenvalue weighted by Gasteiger charge is -2.14. The molecule has 98 valence electrons. The van der Waals surface area contributed by atoms with Crippen molar-refractivity contribution in [2.75, 3.05) is 5.73 Å². The third-order valence-corrected chi connectivity index (χ3v) is 3.60. The summed E-state index contributed by atoms with van der Waals surface area (Å²) >= 11 is 0. The van der Waals surface area contributed by atoms with E-state index in [1.54, 1.807) is 0 Å². The molecule has 2 N–H and O–H groups in total. The van der Waals surface area contributed by atoms with Crippen LogP contribution in [0.25, 0.3) is 11.0 Å². The van der Waals surface area contributed by atoms with Gasteiger partial charge in [0.1, 0.15) is 5.82 Å². The number of hydrogen-bond donors (Lipinski definition) is 1. The second-order valence-electron chi connectivity index (χ2n) is 4.88. The number of nitrogens with two attached hydrogens (primary N) is 1. The van der Waals surface area contributed by atoms with Gasteiger partial charge < -0.3 is 10.3 Å². The van der Waals surface area contributed by atoms with Crippen molar-refractivity contribution in [2.24, 2.45) is 0 Å². The van der Waals surface area contributed by atoms with Crippen molar-refractivity contribution >= 4 is 16.7 Å². The topological polar surface area (TPSA) is 43.8 Å². The zero-order valence-electron chi connectivity index (χ0n) is 11.6. The molecule has 0 aliphatic rings. The number of rotatable bonds is 5. The molecule has 18 heavy (non-hydrogen) atoms. The van der Waals surface area contributed by atoms with Crippen LogP contribution in [-0.2, 0) is 6.54 Å². The zero-order chi connectivity index (χ0) is 13.1. The lowest BCUT2D eigenvalue weighted by Crippen LogP contribution is -2.08. The summed E-state index contributed by atoms with van der Waals surface area (Å²) in [4.78, 5) is 4.82. The third-order valence-electron chi connectivity index (χ3n) is 3.60. The van der Waals surface area contributed by atoms with Crippen molar-refractivity contribution in [1.29, 1.82) is 0 Å². The summed E-state index contributed by atoms with van der Waals surface area (Å²) < 4.78 is 2.35. The highest BCUT2D eigenvalue weighted by Crippen LogP contribution is 2.28. The quantitative estimate of drug-likeness (QED) is 0.811. The van der Waals surface area contributed by atoms with Gasteiger partial charge in [0.15, 0.2) is 0 Å². The van der Waals surface area contributed by atoms with E-state index < -0.39 is 0 Å². The zero-order valence-corrected chi connectivity index (χ0v) is 11.6. The highest BCUT2D eigenvalue weighted by atomic mass is 15.1. The molecule has 1 heterocycles. The Bertz CT molecular complexity index is 524. The summed E-state index contributed by atoms with van der Waals surface area (Å²) in [7, 11) is 0. The van der Waals surface area contributed by atoms with Crippen LogP contribution in [0.15, 0.2) is 18.2 Å². The Labute approximate surface area is 109 Å². The molecule has 3 heteroatoms. The predicted octanol–water partition coefficient (Wildman–Crippen LogP) is 3.93. The van der Waals surface area contributed by atoms with Crippen LogP contribution in [0.5, 0.6) is 0 Å². The molecule has 0 bridgehead atoms. The summed E-state index contributed by atoms with van der Waals surface area (Å²) in [6, 6.07) is 6.01. The Morgan fingerprint density at radius 2 is 1.94 bits per heavy atom. The molecule has 2 rings (SSSR count). The van der Waals surface area contributed by atoms with Gasteiger partial charge >= 0.3 is 0 Å². The largest absolute Gasteiger partial charge is 0.399 e. The molecule has 0 saturated heterocycles. The number of nitrogen functional groups attached to an aromatic ring is 1. The molecular formula is C15H23N3. The fourth-order valence-corrected chi connectivity index (χ4v) is 2.58. The van der Waals surface area contributed by atoms with Gasteiger partial charge in [-0.05, 0) is 37.5 Å². The molecule has 0 fully saturated rings. The van der Waals surface area contributed by atoms with Crippen LogP contribution in [0.2, 0.25) is 0 Å². The minimum absolute atomic E-state index is 0.546. The first kappa shape index (κ1) is 12.9. The van der Waals surface area contributed by atoms with E-state index in [9.17, 15) is 0 Å². The van der Waals surface area contributed by atoms with Crippen LogP contribution in [-0.4, -0.2) is 9.55 Å². The lowest BCUT2D eigenvalue weighted by atomic mass is 10.0. The molecular weight excluding hydrogens is 222 g/mol. The van der Waals surface area contributed by atoms with Crippen molar-refractivity contribution in [3.8, 4) is 0 Å². The Morgan fingerprint density at radius 3 is 2.56 bits per heavy atom. The third kappa shape index (κ3) is 2.22. The van der Waals surface area contributed by atoms with Crippen LogP contribution in [0.4, 0.5) is 5.69 Å². The molecule has 0 atom stereocenters. The molecule has 0 radical (unpaired) electrons. The first-order valence-corrected chi connectivity index (χ1v) is 6.96. The highest BCUT2D eigenvalue weighted by molar-refractivity contribution is 5.79. The average Bonchev–Trinajstić information content (AvgIpc) is 2.70. The van der Waals surface area contributed by atoms with Crippen LogP contribution in [0.1, 0.15) is 51.8 Å². The van der Waals surface area contributed by atoms with Gasteiger partial charge in [-0.3, -0.25) is 0 Å². The van der Waals surface area contributed by atoms with Gasteiger partial charge in [0.05, 0.1) is 11.0 Å². The van der Waals surface area contributed by atoms with Crippen molar-refractivity contribution in [3.63, 3.8) is 0 Å². The smallest absolute Gasteiger partial charge is 0.112 e. The van der Waals surface area contributed by atoms with Crippen molar-refractivity contribution < 1.29 is 0 Å². The Morgan fingerprint density at radius 1 is 1.22 bits per heavy atom. The Hall–Kier alpha value is -1.51. The number of hydrogen-bond acceptors (Lipinski definition) is 2. The minimum atomic E-state index is 0.546. The van der Waals surface area contributed by atoms with Gasteiger partial charge in [0, 0.05) is 18.2 Å². The standard InChI is InChI=1S/C15H23N3/c1-4-9-18-14-10-12(16)7-8-13(14)17-15(18)11(5-2)6-3/h7-8,10-11H,4-6,9,16H2,1-3H3. The first-order valence-electron chi connectivity index (χ1n) is 6.96. The molecule has 1 aromatic heterocycles. The molecule has 0 unspecified atom stereocenters. The van der Waals surface area contributed by atoms with Crippen molar-refractivity contribution in [3.05, 3.63) is 24.0 Å². The van der Waals surface area contributed by atoms with E-state index in [0.717, 1.165) is 37.0 Å². The van der Waals surface area contributed by atoms with E-state index in [0.29, 0.717) is 5.92 Å². The van der Waals surface area contributed by atoms with Gasteiger partial charge in [-0.1, -0.05) is 20.8 Å². The predicted molar refractivity (Wildman–Crippen MR) is 77.8 cm³/mol. The average molecular weight is 245 g/mol. The Balaban J connectivity index is 2.60. The van der Waals surface area contributed by atoms with E-state index in [2.05, 4.69) is 25.3 Å². The summed E-state index contributed by atoms with van der Waals surface area (Å²) in [6.45, 7) is 7.69. The monoisotopic (exact) mass is 245 g/mol. The first-order chi connectivity index (χ1) is 8.71. The summed E-state index contributed by atoms with van der Waals surface area (Å²) in [5, 5.41) is 0. The molecule has 0 aliphatic heterocycles. The van der Waals surface area contributed by atoms with Gasteiger partial charge in [0.25, 0.3) is 0 Å². The minimum Gasteiger partial charge on any atom is -0.399 e. The van der Waals surface area contributed by atoms with Crippen LogP contribution < -0.4 is 5.73 Å². The fraction of sp³-hybridized carbons (Fsp3) is 0.533. The lowest BCUT2D eigenvalue weighted by molar-refractivity contribution is 0.549. The summed E-state index contributed by atoms with van der Waals surface area (Å²) in [6.07, 6.45) is 3.39. The van der Waals surface area contributed by atoms with Crippen molar-refractivity contribution in [2.45, 2.75) is 52.5 Å². The van der Waals surface area contributed by atoms with E-state index >= 15 is 0 Å². The Kier molecular flexibility index (Phi) is 3.90.